The molecule has 1 aromatic carbocycles. The molecule has 7 nitrogen and oxygen atoms in total. The maximum atomic E-state index is 12.4. The van der Waals surface area contributed by atoms with Crippen molar-refractivity contribution in [1.29, 1.82) is 0 Å². The Hall–Kier alpha value is -1.36. The van der Waals surface area contributed by atoms with E-state index in [1.165, 1.54) is 0 Å². The number of rotatable bonds is 5. The summed E-state index contributed by atoms with van der Waals surface area (Å²) in [6, 6.07) is 7.55. The van der Waals surface area contributed by atoms with Gasteiger partial charge in [-0.25, -0.2) is 8.42 Å². The summed E-state index contributed by atoms with van der Waals surface area (Å²) in [6.07, 6.45) is 0. The molecule has 1 heterocycles. The number of benzene rings is 1. The molecule has 29 heavy (non-hydrogen) atoms. The molecule has 2 rings (SSSR count). The number of sulfone groups is 1. The van der Waals surface area contributed by atoms with Gasteiger partial charge < -0.3 is 15.1 Å². The van der Waals surface area contributed by atoms with Crippen LogP contribution in [0.15, 0.2) is 29.3 Å². The lowest BCUT2D eigenvalue weighted by Gasteiger charge is -2.39. The van der Waals surface area contributed by atoms with Crippen molar-refractivity contribution in [2.75, 3.05) is 39.0 Å². The van der Waals surface area contributed by atoms with Crippen LogP contribution < -0.4 is 5.32 Å². The standard InChI is InChI=1S/C20H32N4O3S.HI/c1-6-23(7-2)18(25)17-10-8-16(9-11-17)14-22-19(21-5)24-12-13-28(26,27)20(3,4)15-24;/h8-11H,6-7,12-15H2,1-5H3,(H,21,22);1H. The molecule has 0 spiro atoms. The average Bonchev–Trinajstić information content (AvgIpc) is 2.66. The Morgan fingerprint density at radius 1 is 1.21 bits per heavy atom. The molecule has 1 fully saturated rings. The van der Waals surface area contributed by atoms with Gasteiger partial charge in [0.2, 0.25) is 0 Å². The second kappa shape index (κ2) is 10.6. The lowest BCUT2D eigenvalue weighted by molar-refractivity contribution is 0.0773. The van der Waals surface area contributed by atoms with Crippen molar-refractivity contribution in [3.8, 4) is 0 Å². The number of amides is 1. The van der Waals surface area contributed by atoms with Crippen LogP contribution in [0.1, 0.15) is 43.6 Å². The van der Waals surface area contributed by atoms with Gasteiger partial charge in [0, 0.05) is 45.3 Å². The average molecular weight is 536 g/mol. The van der Waals surface area contributed by atoms with Crippen LogP contribution in [0.3, 0.4) is 0 Å². The van der Waals surface area contributed by atoms with Crippen LogP contribution in [0, 0.1) is 0 Å². The maximum absolute atomic E-state index is 12.4. The zero-order valence-corrected chi connectivity index (χ0v) is 21.1. The Balaban J connectivity index is 0.00000420. The predicted octanol–water partition coefficient (Wildman–Crippen LogP) is 2.37. The molecule has 1 aliphatic rings. The lowest BCUT2D eigenvalue weighted by atomic mass is 10.1. The fraction of sp³-hybridized carbons (Fsp3) is 0.600. The van der Waals surface area contributed by atoms with E-state index in [0.29, 0.717) is 44.2 Å². The van der Waals surface area contributed by atoms with Crippen molar-refractivity contribution < 1.29 is 13.2 Å². The third-order valence-electron chi connectivity index (χ3n) is 5.26. The molecule has 0 bridgehead atoms. The summed E-state index contributed by atoms with van der Waals surface area (Å²) in [4.78, 5) is 20.5. The SMILES string of the molecule is CCN(CC)C(=O)c1ccc(CNC(=NC)N2CCS(=O)(=O)C(C)(C)C2)cc1.I. The number of nitrogens with one attached hydrogen (secondary N) is 1. The first-order valence-corrected chi connectivity index (χ1v) is 11.4. The maximum Gasteiger partial charge on any atom is 0.253 e. The zero-order chi connectivity index (χ0) is 20.9. The van der Waals surface area contributed by atoms with E-state index in [9.17, 15) is 13.2 Å². The molecule has 1 saturated heterocycles. The van der Waals surface area contributed by atoms with E-state index in [-0.39, 0.29) is 35.6 Å². The highest BCUT2D eigenvalue weighted by atomic mass is 127. The Morgan fingerprint density at radius 2 is 1.79 bits per heavy atom. The largest absolute Gasteiger partial charge is 0.352 e. The smallest absolute Gasteiger partial charge is 0.253 e. The zero-order valence-electron chi connectivity index (χ0n) is 17.9. The minimum atomic E-state index is -3.09. The first-order chi connectivity index (χ1) is 13.1. The van der Waals surface area contributed by atoms with Crippen LogP contribution in [0.2, 0.25) is 0 Å². The van der Waals surface area contributed by atoms with Gasteiger partial charge in [0.05, 0.1) is 10.5 Å². The van der Waals surface area contributed by atoms with Crippen LogP contribution in [0.5, 0.6) is 0 Å². The van der Waals surface area contributed by atoms with Gasteiger partial charge in [0.25, 0.3) is 5.91 Å². The van der Waals surface area contributed by atoms with Gasteiger partial charge in [0.15, 0.2) is 15.8 Å². The van der Waals surface area contributed by atoms with Gasteiger partial charge in [-0.05, 0) is 45.4 Å². The molecule has 1 aromatic rings. The molecule has 9 heteroatoms. The van der Waals surface area contributed by atoms with Crippen LogP contribution >= 0.6 is 24.0 Å². The Labute approximate surface area is 191 Å². The second-order valence-electron chi connectivity index (χ2n) is 7.58. The third kappa shape index (κ3) is 6.07. The topological polar surface area (TPSA) is 82.1 Å². The van der Waals surface area contributed by atoms with E-state index >= 15 is 0 Å². The molecule has 0 aliphatic carbocycles. The number of carbonyl (C=O) groups excluding carboxylic acids is 1. The van der Waals surface area contributed by atoms with Crippen molar-refractivity contribution in [1.82, 2.24) is 15.1 Å². The van der Waals surface area contributed by atoms with E-state index in [1.54, 1.807) is 25.8 Å². The first-order valence-electron chi connectivity index (χ1n) is 9.71. The summed E-state index contributed by atoms with van der Waals surface area (Å²) in [7, 11) is -1.39. The number of halogens is 1. The molecular weight excluding hydrogens is 503 g/mol. The molecule has 0 atom stereocenters. The summed E-state index contributed by atoms with van der Waals surface area (Å²) in [5.74, 6) is 0.853. The van der Waals surface area contributed by atoms with E-state index in [2.05, 4.69) is 10.3 Å². The van der Waals surface area contributed by atoms with Gasteiger partial charge >= 0.3 is 0 Å². The molecule has 0 saturated carbocycles. The highest BCUT2D eigenvalue weighted by Gasteiger charge is 2.40. The van der Waals surface area contributed by atoms with Gasteiger partial charge in [-0.1, -0.05) is 12.1 Å². The lowest BCUT2D eigenvalue weighted by Crippen LogP contribution is -2.57. The normalized spacial score (nSPS) is 18.0. The first kappa shape index (κ1) is 25.7. The van der Waals surface area contributed by atoms with Gasteiger partial charge in [-0.3, -0.25) is 9.79 Å². The summed E-state index contributed by atoms with van der Waals surface area (Å²) < 4.78 is 23.6. The summed E-state index contributed by atoms with van der Waals surface area (Å²) in [5.41, 5.74) is 1.71. The molecule has 164 valence electrons. The third-order valence-corrected chi connectivity index (χ3v) is 7.79. The molecule has 1 amide bonds. The van der Waals surface area contributed by atoms with Gasteiger partial charge in [-0.2, -0.15) is 0 Å². The number of hydrogen-bond acceptors (Lipinski definition) is 4. The molecule has 1 aliphatic heterocycles. The Kier molecular flexibility index (Phi) is 9.39. The minimum absolute atomic E-state index is 0. The van der Waals surface area contributed by atoms with Crippen molar-refractivity contribution in [3.05, 3.63) is 35.4 Å². The van der Waals surface area contributed by atoms with Crippen LogP contribution in [0.25, 0.3) is 0 Å². The van der Waals surface area contributed by atoms with Gasteiger partial charge in [0.1, 0.15) is 0 Å². The van der Waals surface area contributed by atoms with E-state index in [0.717, 1.165) is 5.56 Å². The molecule has 1 N–H and O–H groups in total. The van der Waals surface area contributed by atoms with E-state index in [1.807, 2.05) is 43.0 Å². The molecule has 0 radical (unpaired) electrons. The Bertz CT molecular complexity index is 819. The van der Waals surface area contributed by atoms with Crippen molar-refractivity contribution >= 4 is 45.7 Å². The molecule has 0 aromatic heterocycles. The molecular formula is C20H33IN4O3S. The van der Waals surface area contributed by atoms with E-state index < -0.39 is 14.6 Å². The predicted molar refractivity (Wildman–Crippen MR) is 129 cm³/mol. The second-order valence-corrected chi connectivity index (χ2v) is 10.3. The molecule has 0 unspecified atom stereocenters. The number of hydrogen-bond donors (Lipinski definition) is 1. The van der Waals surface area contributed by atoms with Crippen molar-refractivity contribution in [2.45, 2.75) is 39.0 Å². The van der Waals surface area contributed by atoms with Gasteiger partial charge in [-0.15, -0.1) is 24.0 Å². The Morgan fingerprint density at radius 3 is 2.28 bits per heavy atom. The number of carbonyl (C=O) groups is 1. The summed E-state index contributed by atoms with van der Waals surface area (Å²) in [6.45, 7) is 10.2. The van der Waals surface area contributed by atoms with Crippen LogP contribution in [-0.2, 0) is 16.4 Å². The quantitative estimate of drug-likeness (QED) is 0.355. The monoisotopic (exact) mass is 536 g/mol. The highest BCUT2D eigenvalue weighted by molar-refractivity contribution is 14.0. The van der Waals surface area contributed by atoms with Crippen molar-refractivity contribution in [2.24, 2.45) is 4.99 Å². The number of aliphatic imine (C=N–C) groups is 1. The summed E-state index contributed by atoms with van der Waals surface area (Å²) in [5, 5.41) is 3.30. The van der Waals surface area contributed by atoms with Crippen LogP contribution in [0.4, 0.5) is 0 Å². The highest BCUT2D eigenvalue weighted by Crippen LogP contribution is 2.23. The fourth-order valence-electron chi connectivity index (χ4n) is 3.30. The van der Waals surface area contributed by atoms with Crippen molar-refractivity contribution in [3.63, 3.8) is 0 Å². The summed E-state index contributed by atoms with van der Waals surface area (Å²) >= 11 is 0. The van der Waals surface area contributed by atoms with E-state index in [4.69, 9.17) is 0 Å². The van der Waals surface area contributed by atoms with Crippen LogP contribution in [-0.4, -0.2) is 73.8 Å². The minimum Gasteiger partial charge on any atom is -0.352 e. The number of nitrogens with zero attached hydrogens (tertiary/aromatic N) is 3. The fourth-order valence-corrected chi connectivity index (χ4v) is 4.66. The number of guanidine groups is 1.